The summed E-state index contributed by atoms with van der Waals surface area (Å²) < 4.78 is 0. The van der Waals surface area contributed by atoms with Crippen LogP contribution < -0.4 is 5.32 Å². The Bertz CT molecular complexity index is 470. The molecule has 1 atom stereocenters. The van der Waals surface area contributed by atoms with Gasteiger partial charge in [-0.3, -0.25) is 9.59 Å². The van der Waals surface area contributed by atoms with Crippen molar-refractivity contribution in [3.05, 3.63) is 22.3 Å². The number of carboxylic acid groups (broad SMARTS) is 1. The van der Waals surface area contributed by atoms with Crippen LogP contribution in [0.3, 0.4) is 0 Å². The molecular formula is C10H10Cl2N2O3S. The molecule has 0 aliphatic rings. The van der Waals surface area contributed by atoms with Crippen LogP contribution in [0.15, 0.2) is 12.3 Å². The van der Waals surface area contributed by atoms with Gasteiger partial charge in [-0.1, -0.05) is 23.2 Å². The molecule has 0 bridgehead atoms. The quantitative estimate of drug-likeness (QED) is 0.874. The minimum atomic E-state index is -0.963. The fourth-order valence-corrected chi connectivity index (χ4v) is 1.99. The maximum atomic E-state index is 11.5. The van der Waals surface area contributed by atoms with Gasteiger partial charge in [-0.2, -0.15) is 0 Å². The molecule has 1 rings (SSSR count). The molecule has 0 aromatic carbocycles. The number of rotatable bonds is 5. The van der Waals surface area contributed by atoms with E-state index in [9.17, 15) is 9.59 Å². The molecule has 0 saturated carbocycles. The predicted octanol–water partition coefficient (Wildman–Crippen LogP) is 2.53. The first kappa shape index (κ1) is 15.1. The molecule has 0 fully saturated rings. The number of amides is 1. The Labute approximate surface area is 118 Å². The van der Waals surface area contributed by atoms with Gasteiger partial charge in [0.25, 0.3) is 0 Å². The normalized spacial score (nSPS) is 11.9. The van der Waals surface area contributed by atoms with Crippen molar-refractivity contribution in [3.8, 4) is 0 Å². The number of carboxylic acids is 1. The summed E-state index contributed by atoms with van der Waals surface area (Å²) in [5.41, 5.74) is 0. The number of hydrogen-bond donors (Lipinski definition) is 2. The van der Waals surface area contributed by atoms with Crippen LogP contribution in [0, 0.1) is 0 Å². The van der Waals surface area contributed by atoms with E-state index in [1.165, 1.54) is 19.2 Å². The second kappa shape index (κ2) is 6.82. The lowest BCUT2D eigenvalue weighted by atomic mass is 10.4. The van der Waals surface area contributed by atoms with Gasteiger partial charge in [-0.05, 0) is 13.0 Å². The smallest absolute Gasteiger partial charge is 0.316 e. The monoisotopic (exact) mass is 308 g/mol. The number of nitrogens with one attached hydrogen (secondary N) is 1. The first-order chi connectivity index (χ1) is 8.40. The molecule has 98 valence electrons. The molecule has 0 spiro atoms. The Morgan fingerprint density at radius 1 is 1.56 bits per heavy atom. The van der Waals surface area contributed by atoms with Crippen LogP contribution in [0.25, 0.3) is 0 Å². The number of thioether (sulfide) groups is 1. The van der Waals surface area contributed by atoms with Crippen LogP contribution in [-0.4, -0.2) is 33.0 Å². The van der Waals surface area contributed by atoms with E-state index >= 15 is 0 Å². The summed E-state index contributed by atoms with van der Waals surface area (Å²) in [6.07, 6.45) is 1.36. The summed E-state index contributed by atoms with van der Waals surface area (Å²) in [6, 6.07) is 1.46. The number of hydrogen-bond acceptors (Lipinski definition) is 4. The Balaban J connectivity index is 2.52. The van der Waals surface area contributed by atoms with E-state index in [1.807, 2.05) is 0 Å². The molecule has 0 radical (unpaired) electrons. The number of aromatic nitrogens is 1. The molecule has 1 aromatic heterocycles. The van der Waals surface area contributed by atoms with Crippen molar-refractivity contribution in [2.45, 2.75) is 12.2 Å². The van der Waals surface area contributed by atoms with Crippen LogP contribution in [0.5, 0.6) is 0 Å². The third kappa shape index (κ3) is 4.72. The van der Waals surface area contributed by atoms with Gasteiger partial charge in [0.2, 0.25) is 5.91 Å². The highest BCUT2D eigenvalue weighted by molar-refractivity contribution is 8.01. The van der Waals surface area contributed by atoms with Gasteiger partial charge in [0.1, 0.15) is 0 Å². The van der Waals surface area contributed by atoms with Crippen molar-refractivity contribution in [1.29, 1.82) is 0 Å². The molecule has 1 amide bonds. The van der Waals surface area contributed by atoms with E-state index in [4.69, 9.17) is 28.3 Å². The van der Waals surface area contributed by atoms with Crippen molar-refractivity contribution in [2.75, 3.05) is 11.1 Å². The summed E-state index contributed by atoms with van der Waals surface area (Å²) in [6.45, 7) is 1.51. The molecule has 1 unspecified atom stereocenters. The largest absolute Gasteiger partial charge is 0.480 e. The second-order valence-electron chi connectivity index (χ2n) is 3.32. The number of halogens is 2. The third-order valence-corrected chi connectivity index (χ3v) is 3.50. The SMILES string of the molecule is CC(SCC(=O)Nc1ncc(Cl)cc1Cl)C(=O)O. The Morgan fingerprint density at radius 3 is 2.78 bits per heavy atom. The average molecular weight is 309 g/mol. The lowest BCUT2D eigenvalue weighted by molar-refractivity contribution is -0.136. The fraction of sp³-hybridized carbons (Fsp3) is 0.300. The highest BCUT2D eigenvalue weighted by Gasteiger charge is 2.14. The fourth-order valence-electron chi connectivity index (χ4n) is 0.947. The maximum Gasteiger partial charge on any atom is 0.316 e. The van der Waals surface area contributed by atoms with Crippen LogP contribution in [0.4, 0.5) is 5.82 Å². The van der Waals surface area contributed by atoms with Gasteiger partial charge in [0, 0.05) is 6.20 Å². The lowest BCUT2D eigenvalue weighted by Gasteiger charge is -2.08. The number of carbonyl (C=O) groups excluding carboxylic acids is 1. The third-order valence-electron chi connectivity index (χ3n) is 1.88. The van der Waals surface area contributed by atoms with Crippen molar-refractivity contribution in [2.24, 2.45) is 0 Å². The topological polar surface area (TPSA) is 79.3 Å². The molecule has 5 nitrogen and oxygen atoms in total. The molecular weight excluding hydrogens is 299 g/mol. The number of pyridine rings is 1. The molecule has 2 N–H and O–H groups in total. The molecule has 1 aromatic rings. The minimum absolute atomic E-state index is 0.00804. The summed E-state index contributed by atoms with van der Waals surface area (Å²) in [5, 5.41) is 11.1. The first-order valence-corrected chi connectivity index (χ1v) is 6.66. The van der Waals surface area contributed by atoms with E-state index in [0.29, 0.717) is 5.02 Å². The average Bonchev–Trinajstić information content (AvgIpc) is 2.29. The minimum Gasteiger partial charge on any atom is -0.480 e. The van der Waals surface area contributed by atoms with E-state index in [1.54, 1.807) is 0 Å². The lowest BCUT2D eigenvalue weighted by Crippen LogP contribution is -2.19. The van der Waals surface area contributed by atoms with Crippen LogP contribution >= 0.6 is 35.0 Å². The number of carbonyl (C=O) groups is 2. The summed E-state index contributed by atoms with van der Waals surface area (Å²) in [4.78, 5) is 25.9. The highest BCUT2D eigenvalue weighted by Crippen LogP contribution is 2.22. The maximum absolute atomic E-state index is 11.5. The van der Waals surface area contributed by atoms with E-state index in [-0.39, 0.29) is 22.5 Å². The van der Waals surface area contributed by atoms with Crippen molar-refractivity contribution >= 4 is 52.7 Å². The van der Waals surface area contributed by atoms with Crippen molar-refractivity contribution in [1.82, 2.24) is 4.98 Å². The van der Waals surface area contributed by atoms with Crippen molar-refractivity contribution in [3.63, 3.8) is 0 Å². The van der Waals surface area contributed by atoms with Crippen LogP contribution in [-0.2, 0) is 9.59 Å². The van der Waals surface area contributed by atoms with Gasteiger partial charge < -0.3 is 10.4 Å². The van der Waals surface area contributed by atoms with E-state index in [0.717, 1.165) is 11.8 Å². The van der Waals surface area contributed by atoms with Gasteiger partial charge in [0.15, 0.2) is 5.82 Å². The zero-order valence-electron chi connectivity index (χ0n) is 9.31. The molecule has 0 aliphatic heterocycles. The zero-order valence-corrected chi connectivity index (χ0v) is 11.6. The number of anilines is 1. The molecule has 1 heterocycles. The summed E-state index contributed by atoms with van der Waals surface area (Å²) in [5.74, 6) is -1.12. The number of aliphatic carboxylic acids is 1. The second-order valence-corrected chi connectivity index (χ2v) is 5.50. The molecule has 0 aliphatic carbocycles. The van der Waals surface area contributed by atoms with Gasteiger partial charge >= 0.3 is 5.97 Å². The molecule has 0 saturated heterocycles. The van der Waals surface area contributed by atoms with Crippen LogP contribution in [0.2, 0.25) is 10.0 Å². The Morgan fingerprint density at radius 2 is 2.22 bits per heavy atom. The summed E-state index contributed by atoms with van der Waals surface area (Å²) in [7, 11) is 0. The van der Waals surface area contributed by atoms with Gasteiger partial charge in [0.05, 0.1) is 21.0 Å². The predicted molar refractivity (Wildman–Crippen MR) is 72.4 cm³/mol. The Hall–Kier alpha value is -0.980. The number of nitrogens with zero attached hydrogens (tertiary/aromatic N) is 1. The Kier molecular flexibility index (Phi) is 5.71. The summed E-state index contributed by atoms with van der Waals surface area (Å²) >= 11 is 12.5. The molecule has 18 heavy (non-hydrogen) atoms. The van der Waals surface area contributed by atoms with Gasteiger partial charge in [-0.15, -0.1) is 11.8 Å². The van der Waals surface area contributed by atoms with Crippen molar-refractivity contribution < 1.29 is 14.7 Å². The highest BCUT2D eigenvalue weighted by atomic mass is 35.5. The standard InChI is InChI=1S/C10H10Cl2N2O3S/c1-5(10(16)17)18-4-8(15)14-9-7(12)2-6(11)3-13-9/h2-3,5H,4H2,1H3,(H,16,17)(H,13,14,15). The van der Waals surface area contributed by atoms with Gasteiger partial charge in [-0.25, -0.2) is 4.98 Å². The van der Waals surface area contributed by atoms with E-state index in [2.05, 4.69) is 10.3 Å². The van der Waals surface area contributed by atoms with E-state index < -0.39 is 11.2 Å². The molecule has 8 heteroatoms. The zero-order chi connectivity index (χ0) is 13.7. The van der Waals surface area contributed by atoms with Crippen LogP contribution in [0.1, 0.15) is 6.92 Å². The first-order valence-electron chi connectivity index (χ1n) is 4.85.